The van der Waals surface area contributed by atoms with Crippen molar-refractivity contribution in [2.75, 3.05) is 18.4 Å². The van der Waals surface area contributed by atoms with E-state index in [2.05, 4.69) is 32.6 Å². The van der Waals surface area contributed by atoms with Gasteiger partial charge in [0.2, 0.25) is 0 Å². The average molecular weight is 339 g/mol. The quantitative estimate of drug-likeness (QED) is 0.794. The van der Waals surface area contributed by atoms with Crippen molar-refractivity contribution < 1.29 is 4.79 Å². The zero-order valence-corrected chi connectivity index (χ0v) is 14.1. The van der Waals surface area contributed by atoms with Crippen molar-refractivity contribution in [2.24, 2.45) is 0 Å². The molecule has 4 heterocycles. The van der Waals surface area contributed by atoms with Crippen LogP contribution < -0.4 is 5.32 Å². The maximum absolute atomic E-state index is 12.5. The summed E-state index contributed by atoms with van der Waals surface area (Å²) < 4.78 is 0. The number of carbonyl (C=O) groups excluding carboxylic acids is 1. The van der Waals surface area contributed by atoms with E-state index in [0.29, 0.717) is 12.2 Å². The number of aromatic nitrogens is 3. The van der Waals surface area contributed by atoms with Crippen LogP contribution in [0.15, 0.2) is 36.1 Å². The van der Waals surface area contributed by atoms with Crippen molar-refractivity contribution in [3.05, 3.63) is 47.4 Å². The van der Waals surface area contributed by atoms with Gasteiger partial charge in [-0.05, 0) is 36.4 Å². The number of aryl methyl sites for hydroxylation is 1. The Labute approximate surface area is 143 Å². The predicted molar refractivity (Wildman–Crippen MR) is 94.3 cm³/mol. The Morgan fingerprint density at radius 3 is 3.08 bits per heavy atom. The number of pyridine rings is 1. The van der Waals surface area contributed by atoms with Crippen LogP contribution in [0.1, 0.15) is 22.5 Å². The van der Waals surface area contributed by atoms with E-state index in [4.69, 9.17) is 0 Å². The highest BCUT2D eigenvalue weighted by molar-refractivity contribution is 7.17. The fourth-order valence-electron chi connectivity index (χ4n) is 3.03. The van der Waals surface area contributed by atoms with E-state index in [0.717, 1.165) is 29.0 Å². The van der Waals surface area contributed by atoms with Gasteiger partial charge >= 0.3 is 0 Å². The molecule has 3 aromatic rings. The van der Waals surface area contributed by atoms with E-state index in [1.807, 2.05) is 17.0 Å². The molecule has 1 unspecified atom stereocenters. The molecule has 1 amide bonds. The van der Waals surface area contributed by atoms with Gasteiger partial charge in [0.1, 0.15) is 22.7 Å². The van der Waals surface area contributed by atoms with Crippen LogP contribution in [0.5, 0.6) is 0 Å². The van der Waals surface area contributed by atoms with Crippen LogP contribution in [-0.2, 0) is 0 Å². The molecule has 0 spiro atoms. The molecule has 0 aliphatic carbocycles. The summed E-state index contributed by atoms with van der Waals surface area (Å²) in [5.41, 5.74) is 1.67. The number of thiophene rings is 1. The number of hydrogen-bond acceptors (Lipinski definition) is 6. The summed E-state index contributed by atoms with van der Waals surface area (Å²) in [5.74, 6) is 0.843. The van der Waals surface area contributed by atoms with Gasteiger partial charge in [-0.15, -0.1) is 11.3 Å². The molecule has 0 saturated carbocycles. The highest BCUT2D eigenvalue weighted by Crippen LogP contribution is 2.29. The summed E-state index contributed by atoms with van der Waals surface area (Å²) in [4.78, 5) is 28.2. The van der Waals surface area contributed by atoms with Crippen LogP contribution in [0.2, 0.25) is 0 Å². The largest absolute Gasteiger partial charge is 0.365 e. The molecule has 1 aliphatic rings. The number of amides is 1. The van der Waals surface area contributed by atoms with Gasteiger partial charge in [-0.25, -0.2) is 9.97 Å². The molecule has 0 aromatic carbocycles. The van der Waals surface area contributed by atoms with Crippen LogP contribution >= 0.6 is 11.3 Å². The zero-order chi connectivity index (χ0) is 16.5. The predicted octanol–water partition coefficient (Wildman–Crippen LogP) is 2.72. The van der Waals surface area contributed by atoms with Crippen LogP contribution in [0.25, 0.3) is 10.2 Å². The topological polar surface area (TPSA) is 71.0 Å². The third-order valence-electron chi connectivity index (χ3n) is 4.25. The molecule has 1 saturated heterocycles. The summed E-state index contributed by atoms with van der Waals surface area (Å²) in [6, 6.07) is 5.60. The van der Waals surface area contributed by atoms with Crippen molar-refractivity contribution in [3.8, 4) is 0 Å². The summed E-state index contributed by atoms with van der Waals surface area (Å²) in [6.07, 6.45) is 4.13. The lowest BCUT2D eigenvalue weighted by atomic mass is 10.2. The Morgan fingerprint density at radius 2 is 2.25 bits per heavy atom. The minimum Gasteiger partial charge on any atom is -0.365 e. The van der Waals surface area contributed by atoms with Gasteiger partial charge in [-0.2, -0.15) is 0 Å². The molecule has 0 radical (unpaired) electrons. The number of fused-ring (bicyclic) bond motifs is 1. The standard InChI is InChI=1S/C17H17N5OS/c1-11-9-24-16-14(11)15(19-10-20-16)21-12-5-7-22(8-12)17(23)13-4-2-3-6-18-13/h2-4,6,9-10,12H,5,7-8H2,1H3,(H,19,20,21). The number of likely N-dealkylation sites (tertiary alicyclic amines) is 1. The molecular weight excluding hydrogens is 322 g/mol. The molecule has 0 bridgehead atoms. The molecule has 7 heteroatoms. The van der Waals surface area contributed by atoms with Gasteiger partial charge in [-0.1, -0.05) is 6.07 Å². The van der Waals surface area contributed by atoms with Crippen molar-refractivity contribution in [3.63, 3.8) is 0 Å². The molecule has 1 aliphatic heterocycles. The van der Waals surface area contributed by atoms with Crippen LogP contribution in [0.3, 0.4) is 0 Å². The number of rotatable bonds is 3. The first-order valence-corrected chi connectivity index (χ1v) is 8.76. The Kier molecular flexibility index (Phi) is 3.86. The monoisotopic (exact) mass is 339 g/mol. The van der Waals surface area contributed by atoms with Crippen LogP contribution in [-0.4, -0.2) is 44.9 Å². The van der Waals surface area contributed by atoms with E-state index in [-0.39, 0.29) is 11.9 Å². The Balaban J connectivity index is 1.49. The van der Waals surface area contributed by atoms with E-state index >= 15 is 0 Å². The highest BCUT2D eigenvalue weighted by Gasteiger charge is 2.28. The average Bonchev–Trinajstić information content (AvgIpc) is 3.23. The van der Waals surface area contributed by atoms with Crippen LogP contribution in [0, 0.1) is 6.92 Å². The Hall–Kier alpha value is -2.54. The maximum atomic E-state index is 12.5. The molecule has 122 valence electrons. The lowest BCUT2D eigenvalue weighted by Crippen LogP contribution is -2.32. The summed E-state index contributed by atoms with van der Waals surface area (Å²) in [5, 5.41) is 6.66. The number of anilines is 1. The van der Waals surface area contributed by atoms with Gasteiger partial charge in [0.15, 0.2) is 0 Å². The van der Waals surface area contributed by atoms with Crippen molar-refractivity contribution >= 4 is 33.3 Å². The fraction of sp³-hybridized carbons (Fsp3) is 0.294. The first kappa shape index (κ1) is 15.0. The molecule has 4 rings (SSSR count). The SMILES string of the molecule is Cc1csc2ncnc(NC3CCN(C(=O)c4ccccn4)C3)c12. The second-order valence-corrected chi connectivity index (χ2v) is 6.78. The van der Waals surface area contributed by atoms with Gasteiger partial charge in [0, 0.05) is 25.3 Å². The van der Waals surface area contributed by atoms with Gasteiger partial charge < -0.3 is 10.2 Å². The Morgan fingerprint density at radius 1 is 1.33 bits per heavy atom. The number of nitrogens with zero attached hydrogens (tertiary/aromatic N) is 4. The second-order valence-electron chi connectivity index (χ2n) is 5.92. The zero-order valence-electron chi connectivity index (χ0n) is 13.3. The van der Waals surface area contributed by atoms with Crippen molar-refractivity contribution in [1.29, 1.82) is 0 Å². The molecule has 1 fully saturated rings. The van der Waals surface area contributed by atoms with Gasteiger partial charge in [0.25, 0.3) is 5.91 Å². The molecular formula is C17H17N5OS. The minimum atomic E-state index is -0.0144. The van der Waals surface area contributed by atoms with E-state index in [9.17, 15) is 4.79 Å². The van der Waals surface area contributed by atoms with Gasteiger partial charge in [0.05, 0.1) is 5.39 Å². The first-order valence-electron chi connectivity index (χ1n) is 7.88. The molecule has 24 heavy (non-hydrogen) atoms. The number of nitrogens with one attached hydrogen (secondary N) is 1. The third-order valence-corrected chi connectivity index (χ3v) is 5.26. The summed E-state index contributed by atoms with van der Waals surface area (Å²) >= 11 is 1.62. The highest BCUT2D eigenvalue weighted by atomic mass is 32.1. The molecule has 6 nitrogen and oxygen atoms in total. The smallest absolute Gasteiger partial charge is 0.272 e. The normalized spacial score (nSPS) is 17.4. The van der Waals surface area contributed by atoms with Crippen LogP contribution in [0.4, 0.5) is 5.82 Å². The molecule has 1 atom stereocenters. The molecule has 1 N–H and O–H groups in total. The Bertz CT molecular complexity index is 879. The lowest BCUT2D eigenvalue weighted by Gasteiger charge is -2.17. The van der Waals surface area contributed by atoms with E-state index in [1.54, 1.807) is 29.9 Å². The van der Waals surface area contributed by atoms with E-state index < -0.39 is 0 Å². The summed E-state index contributed by atoms with van der Waals surface area (Å²) in [7, 11) is 0. The van der Waals surface area contributed by atoms with Crippen molar-refractivity contribution in [1.82, 2.24) is 19.9 Å². The molecule has 3 aromatic heterocycles. The fourth-order valence-corrected chi connectivity index (χ4v) is 3.92. The minimum absolute atomic E-state index is 0.0144. The first-order chi connectivity index (χ1) is 11.7. The maximum Gasteiger partial charge on any atom is 0.272 e. The third kappa shape index (κ3) is 2.71. The summed E-state index contributed by atoms with van der Waals surface area (Å²) in [6.45, 7) is 3.45. The van der Waals surface area contributed by atoms with Gasteiger partial charge in [-0.3, -0.25) is 9.78 Å². The number of hydrogen-bond donors (Lipinski definition) is 1. The number of carbonyl (C=O) groups is 1. The van der Waals surface area contributed by atoms with Crippen molar-refractivity contribution in [2.45, 2.75) is 19.4 Å². The second kappa shape index (κ2) is 6.16. The van der Waals surface area contributed by atoms with E-state index in [1.165, 1.54) is 5.56 Å². The lowest BCUT2D eigenvalue weighted by molar-refractivity contribution is 0.0786.